The average molecular weight is 304 g/mol. The minimum Gasteiger partial charge on any atom is -0.490 e. The zero-order valence-corrected chi connectivity index (χ0v) is 13.5. The van der Waals surface area contributed by atoms with E-state index < -0.39 is 0 Å². The quantitative estimate of drug-likeness (QED) is 0.813. The van der Waals surface area contributed by atoms with Gasteiger partial charge in [-0.1, -0.05) is 18.6 Å². The van der Waals surface area contributed by atoms with Crippen LogP contribution in [0.25, 0.3) is 0 Å². The third-order valence-corrected chi connectivity index (χ3v) is 4.09. The fourth-order valence-electron chi connectivity index (χ4n) is 2.71. The maximum absolute atomic E-state index is 11.7. The molecule has 0 bridgehead atoms. The lowest BCUT2D eigenvalue weighted by atomic mass is 9.98. The van der Waals surface area contributed by atoms with E-state index in [0.29, 0.717) is 19.1 Å². The first-order valence-electron chi connectivity index (χ1n) is 8.41. The van der Waals surface area contributed by atoms with Crippen molar-refractivity contribution in [1.82, 2.24) is 5.32 Å². The van der Waals surface area contributed by atoms with Gasteiger partial charge in [0, 0.05) is 19.0 Å². The molecule has 1 aliphatic carbocycles. The Hall–Kier alpha value is -1.55. The molecule has 1 fully saturated rings. The van der Waals surface area contributed by atoms with Crippen LogP contribution in [-0.2, 0) is 11.3 Å². The number of carbonyl (C=O) groups is 1. The number of benzene rings is 1. The Morgan fingerprint density at radius 3 is 2.59 bits per heavy atom. The van der Waals surface area contributed by atoms with Crippen LogP contribution in [0.1, 0.15) is 57.4 Å². The molecule has 0 aromatic heterocycles. The van der Waals surface area contributed by atoms with Crippen LogP contribution in [0.5, 0.6) is 5.75 Å². The van der Waals surface area contributed by atoms with Crippen LogP contribution in [-0.4, -0.2) is 18.1 Å². The molecule has 0 saturated heterocycles. The van der Waals surface area contributed by atoms with E-state index in [1.165, 1.54) is 19.3 Å². The molecular formula is C18H28N2O2. The summed E-state index contributed by atoms with van der Waals surface area (Å²) < 4.78 is 6.00. The van der Waals surface area contributed by atoms with Gasteiger partial charge in [-0.2, -0.15) is 0 Å². The average Bonchev–Trinajstić information content (AvgIpc) is 2.53. The second kappa shape index (κ2) is 8.79. The van der Waals surface area contributed by atoms with Gasteiger partial charge in [-0.15, -0.1) is 0 Å². The molecule has 1 aromatic rings. The molecule has 2 rings (SSSR count). The molecule has 0 radical (unpaired) electrons. The van der Waals surface area contributed by atoms with E-state index in [2.05, 4.69) is 5.32 Å². The lowest BCUT2D eigenvalue weighted by Crippen LogP contribution is -2.25. The summed E-state index contributed by atoms with van der Waals surface area (Å²) in [6.07, 6.45) is 7.79. The predicted molar refractivity (Wildman–Crippen MR) is 88.7 cm³/mol. The lowest BCUT2D eigenvalue weighted by molar-refractivity contribution is -0.121. The van der Waals surface area contributed by atoms with Crippen LogP contribution in [0.4, 0.5) is 0 Å². The van der Waals surface area contributed by atoms with Crippen molar-refractivity contribution in [3.05, 3.63) is 29.8 Å². The molecule has 3 N–H and O–H groups in total. The van der Waals surface area contributed by atoms with E-state index >= 15 is 0 Å². The van der Waals surface area contributed by atoms with Crippen LogP contribution in [0.15, 0.2) is 24.3 Å². The van der Waals surface area contributed by atoms with Gasteiger partial charge < -0.3 is 15.8 Å². The molecule has 1 saturated carbocycles. The van der Waals surface area contributed by atoms with Crippen LogP contribution < -0.4 is 15.8 Å². The van der Waals surface area contributed by atoms with Gasteiger partial charge in [-0.25, -0.2) is 0 Å². The fourth-order valence-corrected chi connectivity index (χ4v) is 2.71. The van der Waals surface area contributed by atoms with Crippen molar-refractivity contribution in [2.24, 2.45) is 5.73 Å². The van der Waals surface area contributed by atoms with Gasteiger partial charge in [0.2, 0.25) is 5.91 Å². The molecule has 1 atom stereocenters. The van der Waals surface area contributed by atoms with Crippen LogP contribution in [0.2, 0.25) is 0 Å². The summed E-state index contributed by atoms with van der Waals surface area (Å²) in [5.41, 5.74) is 6.74. The highest BCUT2D eigenvalue weighted by Crippen LogP contribution is 2.23. The molecule has 1 unspecified atom stereocenters. The standard InChI is InChI=1S/C18H28N2O2/c1-14(19)7-12-18(21)20-13-15-8-10-17(11-9-15)22-16-5-3-2-4-6-16/h8-11,14,16H,2-7,12-13,19H2,1H3,(H,20,21). The fraction of sp³-hybridized carbons (Fsp3) is 0.611. The monoisotopic (exact) mass is 304 g/mol. The molecule has 4 heteroatoms. The SMILES string of the molecule is CC(N)CCC(=O)NCc1ccc(OC2CCCCC2)cc1. The van der Waals surface area contributed by atoms with E-state index in [1.807, 2.05) is 31.2 Å². The molecule has 1 aliphatic rings. The van der Waals surface area contributed by atoms with Crippen molar-refractivity contribution in [1.29, 1.82) is 0 Å². The summed E-state index contributed by atoms with van der Waals surface area (Å²) in [7, 11) is 0. The minimum absolute atomic E-state index is 0.0554. The van der Waals surface area contributed by atoms with Crippen molar-refractivity contribution in [2.45, 2.75) is 70.6 Å². The van der Waals surface area contributed by atoms with Crippen molar-refractivity contribution >= 4 is 5.91 Å². The highest BCUT2D eigenvalue weighted by Gasteiger charge is 2.14. The summed E-state index contributed by atoms with van der Waals surface area (Å²) in [5.74, 6) is 0.985. The van der Waals surface area contributed by atoms with Crippen molar-refractivity contribution < 1.29 is 9.53 Å². The van der Waals surface area contributed by atoms with Crippen LogP contribution >= 0.6 is 0 Å². The number of carbonyl (C=O) groups excluding carboxylic acids is 1. The number of amides is 1. The number of ether oxygens (including phenoxy) is 1. The predicted octanol–water partition coefficient (Wildman–Crippen LogP) is 3.14. The third-order valence-electron chi connectivity index (χ3n) is 4.09. The second-order valence-electron chi connectivity index (χ2n) is 6.31. The summed E-state index contributed by atoms with van der Waals surface area (Å²) in [4.78, 5) is 11.7. The van der Waals surface area contributed by atoms with Gasteiger partial charge in [0.25, 0.3) is 0 Å². The number of nitrogens with two attached hydrogens (primary N) is 1. The Morgan fingerprint density at radius 1 is 1.27 bits per heavy atom. The lowest BCUT2D eigenvalue weighted by Gasteiger charge is -2.23. The smallest absolute Gasteiger partial charge is 0.220 e. The molecule has 0 spiro atoms. The van der Waals surface area contributed by atoms with E-state index in [0.717, 1.165) is 30.6 Å². The van der Waals surface area contributed by atoms with Gasteiger partial charge in [-0.05, 0) is 56.7 Å². The summed E-state index contributed by atoms with van der Waals surface area (Å²) >= 11 is 0. The van der Waals surface area contributed by atoms with Crippen LogP contribution in [0, 0.1) is 0 Å². The Bertz CT molecular complexity index is 451. The molecular weight excluding hydrogens is 276 g/mol. The first-order chi connectivity index (χ1) is 10.6. The molecule has 1 amide bonds. The highest BCUT2D eigenvalue weighted by molar-refractivity contribution is 5.75. The van der Waals surface area contributed by atoms with Crippen molar-refractivity contribution in [2.75, 3.05) is 0 Å². The number of rotatable bonds is 7. The normalized spacial score (nSPS) is 17.0. The summed E-state index contributed by atoms with van der Waals surface area (Å²) in [6.45, 7) is 2.47. The molecule has 22 heavy (non-hydrogen) atoms. The Morgan fingerprint density at radius 2 is 1.95 bits per heavy atom. The van der Waals surface area contributed by atoms with Crippen LogP contribution in [0.3, 0.4) is 0 Å². The van der Waals surface area contributed by atoms with E-state index in [9.17, 15) is 4.79 Å². The van der Waals surface area contributed by atoms with Gasteiger partial charge in [0.05, 0.1) is 6.10 Å². The van der Waals surface area contributed by atoms with E-state index in [4.69, 9.17) is 10.5 Å². The van der Waals surface area contributed by atoms with Gasteiger partial charge in [0.15, 0.2) is 0 Å². The van der Waals surface area contributed by atoms with Gasteiger partial charge in [0.1, 0.15) is 5.75 Å². The second-order valence-corrected chi connectivity index (χ2v) is 6.31. The molecule has 122 valence electrons. The van der Waals surface area contributed by atoms with Crippen molar-refractivity contribution in [3.63, 3.8) is 0 Å². The maximum Gasteiger partial charge on any atom is 0.220 e. The van der Waals surface area contributed by atoms with Gasteiger partial charge >= 0.3 is 0 Å². The summed E-state index contributed by atoms with van der Waals surface area (Å²) in [5, 5.41) is 2.92. The molecule has 4 nitrogen and oxygen atoms in total. The molecule has 1 aromatic carbocycles. The Balaban J connectivity index is 1.73. The number of nitrogens with one attached hydrogen (secondary N) is 1. The Labute approximate surface area is 133 Å². The van der Waals surface area contributed by atoms with E-state index in [-0.39, 0.29) is 11.9 Å². The first-order valence-corrected chi connectivity index (χ1v) is 8.41. The van der Waals surface area contributed by atoms with Gasteiger partial charge in [-0.3, -0.25) is 4.79 Å². The number of hydrogen-bond donors (Lipinski definition) is 2. The molecule has 0 aliphatic heterocycles. The minimum atomic E-state index is 0.0554. The highest BCUT2D eigenvalue weighted by atomic mass is 16.5. The topological polar surface area (TPSA) is 64.4 Å². The van der Waals surface area contributed by atoms with Crippen molar-refractivity contribution in [3.8, 4) is 5.75 Å². The zero-order chi connectivity index (χ0) is 15.8. The zero-order valence-electron chi connectivity index (χ0n) is 13.5. The third kappa shape index (κ3) is 6.06. The number of hydrogen-bond acceptors (Lipinski definition) is 3. The largest absolute Gasteiger partial charge is 0.490 e. The first kappa shape index (κ1) is 16.8. The van der Waals surface area contributed by atoms with E-state index in [1.54, 1.807) is 0 Å². The molecule has 0 heterocycles. The summed E-state index contributed by atoms with van der Waals surface area (Å²) in [6, 6.07) is 8.10. The maximum atomic E-state index is 11.7. The Kier molecular flexibility index (Phi) is 6.72.